The third kappa shape index (κ3) is 5.26. The minimum Gasteiger partial charge on any atom is -0.477 e. The standard InChI is InChI=1S/C19H20ClN3O6S/c20-15-5-3-4-14(10-15)12-21-19(24)13-29-18-7-6-16(11-17(18)23(25)26)30(27,28)22-8-1-2-9-22/h3-7,10-11H,1-2,8-9,12-13H2,(H,21,24). The van der Waals surface area contributed by atoms with Crippen LogP contribution in [0, 0.1) is 10.1 Å². The quantitative estimate of drug-likeness (QED) is 0.485. The highest BCUT2D eigenvalue weighted by Crippen LogP contribution is 2.31. The van der Waals surface area contributed by atoms with Crippen LogP contribution in [0.3, 0.4) is 0 Å². The van der Waals surface area contributed by atoms with Crippen molar-refractivity contribution in [3.05, 3.63) is 63.2 Å². The fraction of sp³-hybridized carbons (Fsp3) is 0.316. The minimum absolute atomic E-state index is 0.172. The van der Waals surface area contributed by atoms with Gasteiger partial charge in [0.2, 0.25) is 10.0 Å². The summed E-state index contributed by atoms with van der Waals surface area (Å²) in [6.07, 6.45) is 1.51. The SMILES string of the molecule is O=C(COc1ccc(S(=O)(=O)N2CCCC2)cc1[N+](=O)[O-])NCc1cccc(Cl)c1. The Balaban J connectivity index is 1.66. The van der Waals surface area contributed by atoms with Crippen molar-refractivity contribution in [1.29, 1.82) is 0 Å². The summed E-state index contributed by atoms with van der Waals surface area (Å²) in [5.41, 5.74) is 0.274. The van der Waals surface area contributed by atoms with E-state index in [9.17, 15) is 23.3 Å². The van der Waals surface area contributed by atoms with Gasteiger partial charge in [-0.2, -0.15) is 4.31 Å². The molecule has 1 fully saturated rings. The Labute approximate surface area is 178 Å². The van der Waals surface area contributed by atoms with Gasteiger partial charge in [0.05, 0.1) is 9.82 Å². The van der Waals surface area contributed by atoms with Gasteiger partial charge in [0.1, 0.15) is 0 Å². The van der Waals surface area contributed by atoms with Crippen molar-refractivity contribution in [1.82, 2.24) is 9.62 Å². The molecule has 0 atom stereocenters. The number of sulfonamides is 1. The van der Waals surface area contributed by atoms with E-state index in [0.29, 0.717) is 18.1 Å². The highest BCUT2D eigenvalue weighted by atomic mass is 35.5. The fourth-order valence-electron chi connectivity index (χ4n) is 3.04. The number of amides is 1. The number of nitrogens with zero attached hydrogens (tertiary/aromatic N) is 2. The highest BCUT2D eigenvalue weighted by molar-refractivity contribution is 7.89. The first-order valence-electron chi connectivity index (χ1n) is 9.20. The molecule has 2 aromatic carbocycles. The van der Waals surface area contributed by atoms with Crippen LogP contribution in [0.5, 0.6) is 5.75 Å². The summed E-state index contributed by atoms with van der Waals surface area (Å²) in [5, 5.41) is 14.6. The van der Waals surface area contributed by atoms with Gasteiger partial charge in [0, 0.05) is 30.7 Å². The lowest BCUT2D eigenvalue weighted by atomic mass is 10.2. The van der Waals surface area contributed by atoms with E-state index in [1.165, 1.54) is 16.4 Å². The lowest BCUT2D eigenvalue weighted by Crippen LogP contribution is -2.29. The largest absolute Gasteiger partial charge is 0.477 e. The molecule has 1 aliphatic rings. The number of hydrogen-bond donors (Lipinski definition) is 1. The summed E-state index contributed by atoms with van der Waals surface area (Å²) in [6, 6.07) is 10.4. The number of hydrogen-bond acceptors (Lipinski definition) is 6. The van der Waals surface area contributed by atoms with Gasteiger partial charge in [0.15, 0.2) is 12.4 Å². The molecule has 0 aromatic heterocycles. The van der Waals surface area contributed by atoms with Gasteiger partial charge in [-0.3, -0.25) is 14.9 Å². The van der Waals surface area contributed by atoms with Gasteiger partial charge in [0.25, 0.3) is 5.91 Å². The summed E-state index contributed by atoms with van der Waals surface area (Å²) in [6.45, 7) is 0.542. The predicted octanol–water partition coefficient (Wildman–Crippen LogP) is 2.73. The maximum atomic E-state index is 12.6. The molecule has 0 bridgehead atoms. The number of carbonyl (C=O) groups is 1. The number of halogens is 1. The number of nitro groups is 1. The molecule has 0 spiro atoms. The van der Waals surface area contributed by atoms with Crippen LogP contribution in [0.4, 0.5) is 5.69 Å². The molecule has 0 aliphatic carbocycles. The Morgan fingerprint density at radius 3 is 2.60 bits per heavy atom. The molecular formula is C19H20ClN3O6S. The topological polar surface area (TPSA) is 119 Å². The van der Waals surface area contributed by atoms with Gasteiger partial charge in [-0.25, -0.2) is 8.42 Å². The van der Waals surface area contributed by atoms with Crippen LogP contribution >= 0.6 is 11.6 Å². The molecule has 1 aliphatic heterocycles. The summed E-state index contributed by atoms with van der Waals surface area (Å²) < 4.78 is 31.8. The molecule has 0 unspecified atom stereocenters. The molecule has 3 rings (SSSR count). The van der Waals surface area contributed by atoms with Crippen molar-refractivity contribution in [3.8, 4) is 5.75 Å². The Morgan fingerprint density at radius 1 is 1.20 bits per heavy atom. The number of nitrogens with one attached hydrogen (secondary N) is 1. The molecule has 160 valence electrons. The molecule has 11 heteroatoms. The Hall–Kier alpha value is -2.69. The van der Waals surface area contributed by atoms with Crippen LogP contribution in [-0.4, -0.2) is 43.2 Å². The summed E-state index contributed by atoms with van der Waals surface area (Å²) in [4.78, 5) is 22.5. The van der Waals surface area contributed by atoms with E-state index < -0.39 is 33.1 Å². The van der Waals surface area contributed by atoms with Crippen molar-refractivity contribution in [2.75, 3.05) is 19.7 Å². The van der Waals surface area contributed by atoms with Crippen LogP contribution in [0.2, 0.25) is 5.02 Å². The molecule has 1 N–H and O–H groups in total. The second-order valence-corrected chi connectivity index (χ2v) is 9.07. The van der Waals surface area contributed by atoms with E-state index in [0.717, 1.165) is 24.5 Å². The van der Waals surface area contributed by atoms with Crippen LogP contribution in [0.15, 0.2) is 47.4 Å². The Morgan fingerprint density at radius 2 is 1.93 bits per heavy atom. The number of rotatable bonds is 8. The molecule has 9 nitrogen and oxygen atoms in total. The van der Waals surface area contributed by atoms with Crippen molar-refractivity contribution in [3.63, 3.8) is 0 Å². The zero-order chi connectivity index (χ0) is 21.7. The third-order valence-corrected chi connectivity index (χ3v) is 6.70. The normalized spacial score (nSPS) is 14.4. The minimum atomic E-state index is -3.80. The second kappa shape index (κ2) is 9.41. The van der Waals surface area contributed by atoms with Crippen LogP contribution < -0.4 is 10.1 Å². The molecule has 1 amide bonds. The van der Waals surface area contributed by atoms with Crippen LogP contribution in [-0.2, 0) is 21.4 Å². The van der Waals surface area contributed by atoms with E-state index in [1.807, 2.05) is 0 Å². The highest BCUT2D eigenvalue weighted by Gasteiger charge is 2.30. The average Bonchev–Trinajstić information content (AvgIpc) is 3.26. The zero-order valence-electron chi connectivity index (χ0n) is 15.9. The Kier molecular flexibility index (Phi) is 6.91. The molecule has 1 saturated heterocycles. The third-order valence-electron chi connectivity index (χ3n) is 4.57. The van der Waals surface area contributed by atoms with E-state index in [4.69, 9.17) is 16.3 Å². The van der Waals surface area contributed by atoms with Gasteiger partial charge in [-0.05, 0) is 42.7 Å². The number of nitro benzene ring substituents is 1. The first kappa shape index (κ1) is 22.0. The van der Waals surface area contributed by atoms with Gasteiger partial charge >= 0.3 is 5.69 Å². The van der Waals surface area contributed by atoms with E-state index in [-0.39, 0.29) is 17.2 Å². The number of benzene rings is 2. The molecule has 0 saturated carbocycles. The van der Waals surface area contributed by atoms with Gasteiger partial charge < -0.3 is 10.1 Å². The monoisotopic (exact) mass is 453 g/mol. The first-order valence-corrected chi connectivity index (χ1v) is 11.0. The number of carbonyl (C=O) groups excluding carboxylic acids is 1. The Bertz CT molecular complexity index is 1050. The maximum Gasteiger partial charge on any atom is 0.312 e. The lowest BCUT2D eigenvalue weighted by molar-refractivity contribution is -0.386. The number of ether oxygens (including phenoxy) is 1. The average molecular weight is 454 g/mol. The second-order valence-electron chi connectivity index (χ2n) is 6.69. The van der Waals surface area contributed by atoms with E-state index in [2.05, 4.69) is 5.32 Å². The molecule has 0 radical (unpaired) electrons. The lowest BCUT2D eigenvalue weighted by Gasteiger charge is -2.16. The van der Waals surface area contributed by atoms with E-state index >= 15 is 0 Å². The zero-order valence-corrected chi connectivity index (χ0v) is 17.5. The van der Waals surface area contributed by atoms with Crippen molar-refractivity contribution in [2.24, 2.45) is 0 Å². The van der Waals surface area contributed by atoms with Crippen LogP contribution in [0.25, 0.3) is 0 Å². The predicted molar refractivity (Wildman–Crippen MR) is 110 cm³/mol. The van der Waals surface area contributed by atoms with Gasteiger partial charge in [-0.15, -0.1) is 0 Å². The van der Waals surface area contributed by atoms with Gasteiger partial charge in [-0.1, -0.05) is 23.7 Å². The summed E-state index contributed by atoms with van der Waals surface area (Å²) >= 11 is 5.89. The molecule has 2 aromatic rings. The first-order chi connectivity index (χ1) is 14.3. The summed E-state index contributed by atoms with van der Waals surface area (Å²) in [7, 11) is -3.80. The van der Waals surface area contributed by atoms with Crippen molar-refractivity contribution < 1.29 is 22.9 Å². The smallest absolute Gasteiger partial charge is 0.312 e. The van der Waals surface area contributed by atoms with Crippen molar-refractivity contribution >= 4 is 33.2 Å². The molecule has 1 heterocycles. The summed E-state index contributed by atoms with van der Waals surface area (Å²) in [5.74, 6) is -0.670. The molecule has 30 heavy (non-hydrogen) atoms. The van der Waals surface area contributed by atoms with Crippen LogP contribution in [0.1, 0.15) is 18.4 Å². The maximum absolute atomic E-state index is 12.6. The van der Waals surface area contributed by atoms with Crippen molar-refractivity contribution in [2.45, 2.75) is 24.3 Å². The molecular weight excluding hydrogens is 434 g/mol. The van der Waals surface area contributed by atoms with E-state index in [1.54, 1.807) is 24.3 Å². The fourth-order valence-corrected chi connectivity index (χ4v) is 4.79.